The molecule has 1 N–H and O–H groups in total. The van der Waals surface area contributed by atoms with Crippen molar-refractivity contribution in [1.82, 2.24) is 5.32 Å². The van der Waals surface area contributed by atoms with Crippen molar-refractivity contribution in [3.63, 3.8) is 0 Å². The second kappa shape index (κ2) is 6.66. The van der Waals surface area contributed by atoms with E-state index in [0.29, 0.717) is 18.1 Å². The van der Waals surface area contributed by atoms with Gasteiger partial charge in [-0.3, -0.25) is 4.79 Å². The molecule has 1 aliphatic rings. The van der Waals surface area contributed by atoms with E-state index in [0.717, 1.165) is 29.7 Å². The fourth-order valence-electron chi connectivity index (χ4n) is 2.26. The average Bonchev–Trinajstić information content (AvgIpc) is 2.73. The molecular formula is C13H18BrNOS. The second-order valence-corrected chi connectivity index (χ2v) is 7.22. The molecule has 0 amide bonds. The molecule has 2 rings (SSSR count). The van der Waals surface area contributed by atoms with Gasteiger partial charge in [-0.25, -0.2) is 0 Å². The first-order valence-electron chi connectivity index (χ1n) is 6.20. The highest BCUT2D eigenvalue weighted by Crippen LogP contribution is 2.23. The van der Waals surface area contributed by atoms with Gasteiger partial charge in [0.25, 0.3) is 0 Å². The molecule has 1 atom stereocenters. The van der Waals surface area contributed by atoms with Crippen LogP contribution in [0, 0.1) is 5.92 Å². The lowest BCUT2D eigenvalue weighted by Gasteiger charge is -2.22. The molecule has 1 fully saturated rings. The first-order valence-corrected chi connectivity index (χ1v) is 7.81. The maximum atomic E-state index is 11.8. The van der Waals surface area contributed by atoms with E-state index in [2.05, 4.69) is 21.2 Å². The number of ketones is 1. The van der Waals surface area contributed by atoms with Crippen LogP contribution in [-0.2, 0) is 11.2 Å². The summed E-state index contributed by atoms with van der Waals surface area (Å²) in [7, 11) is 0. The minimum Gasteiger partial charge on any atom is -0.316 e. The Morgan fingerprint density at radius 3 is 3.06 bits per heavy atom. The van der Waals surface area contributed by atoms with Gasteiger partial charge in [-0.05, 0) is 66.3 Å². The zero-order valence-corrected chi connectivity index (χ0v) is 12.3. The van der Waals surface area contributed by atoms with Gasteiger partial charge in [0.15, 0.2) is 0 Å². The van der Waals surface area contributed by atoms with Crippen molar-refractivity contribution in [3.8, 4) is 0 Å². The standard InChI is InChI=1S/C13H18BrNOS/c14-13-6-5-12(17-13)8-11(16)4-3-10-2-1-7-15-9-10/h5-6,10,15H,1-4,7-9H2. The SMILES string of the molecule is O=C(CCC1CCCNC1)Cc1ccc(Br)s1. The number of carbonyl (C=O) groups excluding carboxylic acids is 1. The fraction of sp³-hybridized carbons (Fsp3) is 0.615. The van der Waals surface area contributed by atoms with Gasteiger partial charge in [0.2, 0.25) is 0 Å². The molecule has 1 aliphatic heterocycles. The van der Waals surface area contributed by atoms with Gasteiger partial charge in [0, 0.05) is 17.7 Å². The van der Waals surface area contributed by atoms with Crippen molar-refractivity contribution in [1.29, 1.82) is 0 Å². The second-order valence-electron chi connectivity index (χ2n) is 4.67. The molecule has 0 aliphatic carbocycles. The van der Waals surface area contributed by atoms with Crippen LogP contribution < -0.4 is 5.32 Å². The Bertz CT molecular complexity index is 371. The summed E-state index contributed by atoms with van der Waals surface area (Å²) in [6.07, 6.45) is 4.94. The van der Waals surface area contributed by atoms with E-state index in [9.17, 15) is 4.79 Å². The van der Waals surface area contributed by atoms with Crippen molar-refractivity contribution in [3.05, 3.63) is 20.8 Å². The molecule has 1 aromatic rings. The highest BCUT2D eigenvalue weighted by molar-refractivity contribution is 9.11. The number of hydrogen-bond acceptors (Lipinski definition) is 3. The fourth-order valence-corrected chi connectivity index (χ4v) is 3.78. The number of rotatable bonds is 5. The summed E-state index contributed by atoms with van der Waals surface area (Å²) < 4.78 is 1.11. The number of piperidine rings is 1. The minimum atomic E-state index is 0.380. The lowest BCUT2D eigenvalue weighted by molar-refractivity contribution is -0.118. The van der Waals surface area contributed by atoms with Crippen LogP contribution in [0.25, 0.3) is 0 Å². The van der Waals surface area contributed by atoms with E-state index in [1.54, 1.807) is 11.3 Å². The van der Waals surface area contributed by atoms with Crippen LogP contribution in [0.5, 0.6) is 0 Å². The first-order chi connectivity index (χ1) is 8.24. The van der Waals surface area contributed by atoms with Gasteiger partial charge >= 0.3 is 0 Å². The van der Waals surface area contributed by atoms with Crippen molar-refractivity contribution < 1.29 is 4.79 Å². The van der Waals surface area contributed by atoms with Gasteiger partial charge in [-0.1, -0.05) is 0 Å². The van der Waals surface area contributed by atoms with Crippen molar-refractivity contribution in [2.75, 3.05) is 13.1 Å². The predicted octanol–water partition coefficient (Wildman–Crippen LogP) is 3.40. The molecule has 0 radical (unpaired) electrons. The number of hydrogen-bond donors (Lipinski definition) is 1. The van der Waals surface area contributed by atoms with Crippen molar-refractivity contribution >= 4 is 33.0 Å². The maximum absolute atomic E-state index is 11.8. The van der Waals surface area contributed by atoms with E-state index in [-0.39, 0.29) is 0 Å². The molecule has 0 spiro atoms. The summed E-state index contributed by atoms with van der Waals surface area (Å²) in [6, 6.07) is 4.05. The Labute approximate surface area is 115 Å². The average molecular weight is 316 g/mol. The van der Waals surface area contributed by atoms with Crippen LogP contribution >= 0.6 is 27.3 Å². The molecule has 17 heavy (non-hydrogen) atoms. The zero-order chi connectivity index (χ0) is 12.1. The molecular weight excluding hydrogens is 298 g/mol. The van der Waals surface area contributed by atoms with E-state index >= 15 is 0 Å². The van der Waals surface area contributed by atoms with Crippen molar-refractivity contribution in [2.24, 2.45) is 5.92 Å². The van der Waals surface area contributed by atoms with Crippen LogP contribution in [0.4, 0.5) is 0 Å². The lowest BCUT2D eigenvalue weighted by atomic mass is 9.93. The molecule has 2 heterocycles. The Hall–Kier alpha value is -0.190. The molecule has 0 bridgehead atoms. The zero-order valence-electron chi connectivity index (χ0n) is 9.88. The quantitative estimate of drug-likeness (QED) is 0.902. The van der Waals surface area contributed by atoms with E-state index in [4.69, 9.17) is 0 Å². The number of thiophene rings is 1. The molecule has 1 aromatic heterocycles. The van der Waals surface area contributed by atoms with Gasteiger partial charge in [-0.15, -0.1) is 11.3 Å². The summed E-state index contributed by atoms with van der Waals surface area (Å²) in [6.45, 7) is 2.24. The highest BCUT2D eigenvalue weighted by atomic mass is 79.9. The molecule has 4 heteroatoms. The van der Waals surface area contributed by atoms with E-state index in [1.807, 2.05) is 12.1 Å². The van der Waals surface area contributed by atoms with Crippen LogP contribution in [0.1, 0.15) is 30.6 Å². The van der Waals surface area contributed by atoms with Crippen LogP contribution in [-0.4, -0.2) is 18.9 Å². The summed E-state index contributed by atoms with van der Waals surface area (Å²) in [5.74, 6) is 1.09. The molecule has 2 nitrogen and oxygen atoms in total. The summed E-state index contributed by atoms with van der Waals surface area (Å²) in [5.41, 5.74) is 0. The monoisotopic (exact) mass is 315 g/mol. The van der Waals surface area contributed by atoms with Gasteiger partial charge in [0.1, 0.15) is 5.78 Å². The summed E-state index contributed by atoms with van der Waals surface area (Å²) in [5, 5.41) is 3.40. The van der Waals surface area contributed by atoms with E-state index in [1.165, 1.54) is 17.7 Å². The number of carbonyl (C=O) groups is 1. The number of halogens is 1. The Balaban J connectivity index is 1.70. The lowest BCUT2D eigenvalue weighted by Crippen LogP contribution is -2.30. The Morgan fingerprint density at radius 2 is 2.41 bits per heavy atom. The third-order valence-electron chi connectivity index (χ3n) is 3.23. The van der Waals surface area contributed by atoms with Crippen LogP contribution in [0.2, 0.25) is 0 Å². The number of Topliss-reactive ketones (excluding diaryl/α,β-unsaturated/α-hetero) is 1. The summed E-state index contributed by atoms with van der Waals surface area (Å²) in [4.78, 5) is 13.0. The third-order valence-corrected chi connectivity index (χ3v) is 4.85. The first kappa shape index (κ1) is 13.2. The molecule has 0 saturated carbocycles. The van der Waals surface area contributed by atoms with Gasteiger partial charge in [0.05, 0.1) is 3.79 Å². The highest BCUT2D eigenvalue weighted by Gasteiger charge is 2.14. The van der Waals surface area contributed by atoms with Crippen molar-refractivity contribution in [2.45, 2.75) is 32.1 Å². The third kappa shape index (κ3) is 4.53. The van der Waals surface area contributed by atoms with E-state index < -0.39 is 0 Å². The number of nitrogens with one attached hydrogen (secondary N) is 1. The Morgan fingerprint density at radius 1 is 1.53 bits per heavy atom. The Kier molecular flexibility index (Phi) is 5.19. The predicted molar refractivity (Wildman–Crippen MR) is 75.6 cm³/mol. The minimum absolute atomic E-state index is 0.380. The molecule has 1 unspecified atom stereocenters. The maximum Gasteiger partial charge on any atom is 0.138 e. The summed E-state index contributed by atoms with van der Waals surface area (Å²) >= 11 is 5.08. The molecule has 1 saturated heterocycles. The smallest absolute Gasteiger partial charge is 0.138 e. The molecule has 94 valence electrons. The van der Waals surface area contributed by atoms with Crippen LogP contribution in [0.15, 0.2) is 15.9 Å². The largest absolute Gasteiger partial charge is 0.316 e. The van der Waals surface area contributed by atoms with Gasteiger partial charge in [-0.2, -0.15) is 0 Å². The van der Waals surface area contributed by atoms with Crippen LogP contribution in [0.3, 0.4) is 0 Å². The normalized spacial score (nSPS) is 20.4. The van der Waals surface area contributed by atoms with Gasteiger partial charge < -0.3 is 5.32 Å². The molecule has 0 aromatic carbocycles. The topological polar surface area (TPSA) is 29.1 Å².